The van der Waals surface area contributed by atoms with Crippen LogP contribution in [0.25, 0.3) is 0 Å². The first kappa shape index (κ1) is 15.5. The van der Waals surface area contributed by atoms with E-state index in [1.807, 2.05) is 0 Å². The van der Waals surface area contributed by atoms with Crippen molar-refractivity contribution < 1.29 is 23.1 Å². The monoisotopic (exact) mass is 315 g/mol. The Hall–Kier alpha value is -1.87. The van der Waals surface area contributed by atoms with Gasteiger partial charge in [0, 0.05) is 31.2 Å². The van der Waals surface area contributed by atoms with E-state index in [4.69, 9.17) is 5.11 Å². The van der Waals surface area contributed by atoms with Crippen molar-refractivity contribution >= 4 is 21.9 Å². The molecule has 0 spiro atoms. The number of nitrogens with one attached hydrogen (secondary N) is 2. The number of aromatic nitrogens is 1. The van der Waals surface area contributed by atoms with E-state index in [1.165, 1.54) is 10.8 Å². The minimum atomic E-state index is -3.86. The summed E-state index contributed by atoms with van der Waals surface area (Å²) in [5.74, 6) is -1.41. The van der Waals surface area contributed by atoms with Gasteiger partial charge in [-0.1, -0.05) is 0 Å². The number of carbonyl (C=O) groups excluding carboxylic acids is 1. The first-order valence-corrected chi connectivity index (χ1v) is 7.93. The number of carboxylic acid groups (broad SMARTS) is 1. The topological polar surface area (TPSA) is 118 Å². The summed E-state index contributed by atoms with van der Waals surface area (Å²) in [7, 11) is -3.86. The van der Waals surface area contributed by atoms with Gasteiger partial charge in [-0.3, -0.25) is 4.79 Å². The SMILES string of the molecule is CC(C)n1cc(S(=O)(=O)NC2CNC(=O)C2)cc1C(=O)O. The number of carboxylic acids is 1. The molecule has 2 heterocycles. The Morgan fingerprint density at radius 2 is 2.19 bits per heavy atom. The highest BCUT2D eigenvalue weighted by atomic mass is 32.2. The Bertz CT molecular complexity index is 677. The highest BCUT2D eigenvalue weighted by Crippen LogP contribution is 2.19. The predicted molar refractivity (Wildman–Crippen MR) is 73.5 cm³/mol. The van der Waals surface area contributed by atoms with E-state index in [-0.39, 0.29) is 35.5 Å². The van der Waals surface area contributed by atoms with Crippen LogP contribution < -0.4 is 10.0 Å². The number of nitrogens with zero attached hydrogens (tertiary/aromatic N) is 1. The molecule has 8 nitrogen and oxygen atoms in total. The van der Waals surface area contributed by atoms with Gasteiger partial charge in [0.15, 0.2) is 0 Å². The lowest BCUT2D eigenvalue weighted by Gasteiger charge is -2.10. The second kappa shape index (κ2) is 5.49. The molecule has 116 valence electrons. The quantitative estimate of drug-likeness (QED) is 0.703. The Morgan fingerprint density at radius 1 is 1.52 bits per heavy atom. The normalized spacial score (nSPS) is 19.0. The van der Waals surface area contributed by atoms with Crippen LogP contribution >= 0.6 is 0 Å². The molecule has 1 aliphatic rings. The summed E-state index contributed by atoms with van der Waals surface area (Å²) in [6.07, 6.45) is 1.37. The molecule has 1 saturated heterocycles. The van der Waals surface area contributed by atoms with Crippen LogP contribution in [-0.4, -0.2) is 42.6 Å². The minimum Gasteiger partial charge on any atom is -0.477 e. The third-order valence-electron chi connectivity index (χ3n) is 3.21. The third kappa shape index (κ3) is 3.24. The van der Waals surface area contributed by atoms with Crippen LogP contribution in [0.15, 0.2) is 17.2 Å². The average Bonchev–Trinajstić information content (AvgIpc) is 2.95. The standard InChI is InChI=1S/C12H17N3O5S/c1-7(2)15-6-9(4-10(15)12(17)18)21(19,20)14-8-3-11(16)13-5-8/h4,6-8,14H,3,5H2,1-2H3,(H,13,16)(H,17,18). The van der Waals surface area contributed by atoms with Gasteiger partial charge in [0.25, 0.3) is 0 Å². The Balaban J connectivity index is 2.30. The zero-order chi connectivity index (χ0) is 15.8. The number of hydrogen-bond donors (Lipinski definition) is 3. The second-order valence-corrected chi connectivity index (χ2v) is 6.91. The van der Waals surface area contributed by atoms with Crippen molar-refractivity contribution in [3.63, 3.8) is 0 Å². The van der Waals surface area contributed by atoms with Crippen LogP contribution in [0.3, 0.4) is 0 Å². The van der Waals surface area contributed by atoms with Crippen LogP contribution in [0.5, 0.6) is 0 Å². The highest BCUT2D eigenvalue weighted by Gasteiger charge is 2.29. The van der Waals surface area contributed by atoms with E-state index in [2.05, 4.69) is 10.0 Å². The number of rotatable bonds is 5. The van der Waals surface area contributed by atoms with Crippen LogP contribution in [0, 0.1) is 0 Å². The molecule has 0 saturated carbocycles. The number of sulfonamides is 1. The van der Waals surface area contributed by atoms with Gasteiger partial charge in [0.05, 0.1) is 0 Å². The Kier molecular flexibility index (Phi) is 4.06. The van der Waals surface area contributed by atoms with E-state index in [9.17, 15) is 18.0 Å². The fraction of sp³-hybridized carbons (Fsp3) is 0.500. The molecule has 1 aromatic rings. The summed E-state index contributed by atoms with van der Waals surface area (Å²) in [4.78, 5) is 22.1. The summed E-state index contributed by atoms with van der Waals surface area (Å²) in [6, 6.07) is 0.419. The molecular weight excluding hydrogens is 298 g/mol. The van der Waals surface area contributed by atoms with E-state index in [0.717, 1.165) is 6.07 Å². The molecule has 0 aliphatic carbocycles. The van der Waals surface area contributed by atoms with Crippen molar-refractivity contribution in [3.05, 3.63) is 18.0 Å². The largest absolute Gasteiger partial charge is 0.477 e. The van der Waals surface area contributed by atoms with Gasteiger partial charge >= 0.3 is 5.97 Å². The number of hydrogen-bond acceptors (Lipinski definition) is 4. The maximum absolute atomic E-state index is 12.2. The molecule has 21 heavy (non-hydrogen) atoms. The molecule has 0 aromatic carbocycles. The molecule has 1 fully saturated rings. The summed E-state index contributed by atoms with van der Waals surface area (Å²) < 4.78 is 28.3. The first-order chi connectivity index (χ1) is 9.70. The number of aromatic carboxylic acids is 1. The van der Waals surface area contributed by atoms with Gasteiger partial charge in [-0.05, 0) is 19.9 Å². The molecule has 1 atom stereocenters. The van der Waals surface area contributed by atoms with E-state index >= 15 is 0 Å². The zero-order valence-electron chi connectivity index (χ0n) is 11.7. The van der Waals surface area contributed by atoms with E-state index in [1.54, 1.807) is 13.8 Å². The van der Waals surface area contributed by atoms with Crippen molar-refractivity contribution in [3.8, 4) is 0 Å². The van der Waals surface area contributed by atoms with Crippen molar-refractivity contribution in [1.82, 2.24) is 14.6 Å². The van der Waals surface area contributed by atoms with E-state index < -0.39 is 22.0 Å². The first-order valence-electron chi connectivity index (χ1n) is 6.45. The van der Waals surface area contributed by atoms with Gasteiger partial charge in [0.2, 0.25) is 15.9 Å². The minimum absolute atomic E-state index is 0.0793. The lowest BCUT2D eigenvalue weighted by atomic mass is 10.3. The molecule has 0 bridgehead atoms. The van der Waals surface area contributed by atoms with Gasteiger partial charge < -0.3 is 15.0 Å². The summed E-state index contributed by atoms with van der Waals surface area (Å²) in [5, 5.41) is 11.7. The number of amides is 1. The van der Waals surface area contributed by atoms with Gasteiger partial charge in [-0.2, -0.15) is 0 Å². The van der Waals surface area contributed by atoms with Crippen LogP contribution in [0.2, 0.25) is 0 Å². The number of carbonyl (C=O) groups is 2. The van der Waals surface area contributed by atoms with Crippen molar-refractivity contribution in [2.24, 2.45) is 0 Å². The third-order valence-corrected chi connectivity index (χ3v) is 4.70. The van der Waals surface area contributed by atoms with Gasteiger partial charge in [0.1, 0.15) is 10.6 Å². The predicted octanol–water partition coefficient (Wildman–Crippen LogP) is -0.0660. The molecule has 9 heteroatoms. The molecule has 1 amide bonds. The van der Waals surface area contributed by atoms with Crippen molar-refractivity contribution in [2.45, 2.75) is 37.2 Å². The van der Waals surface area contributed by atoms with Crippen LogP contribution in [0.1, 0.15) is 36.8 Å². The van der Waals surface area contributed by atoms with E-state index in [0.29, 0.717) is 0 Å². The molecule has 0 radical (unpaired) electrons. The Labute approximate surface area is 122 Å². The van der Waals surface area contributed by atoms with Gasteiger partial charge in [-0.15, -0.1) is 0 Å². The highest BCUT2D eigenvalue weighted by molar-refractivity contribution is 7.89. The average molecular weight is 315 g/mol. The molecule has 1 unspecified atom stereocenters. The summed E-state index contributed by atoms with van der Waals surface area (Å²) in [6.45, 7) is 3.75. The van der Waals surface area contributed by atoms with Crippen molar-refractivity contribution in [2.75, 3.05) is 6.54 Å². The lowest BCUT2D eigenvalue weighted by molar-refractivity contribution is -0.119. The molecule has 3 N–H and O–H groups in total. The maximum Gasteiger partial charge on any atom is 0.352 e. The van der Waals surface area contributed by atoms with Gasteiger partial charge in [-0.25, -0.2) is 17.9 Å². The Morgan fingerprint density at radius 3 is 2.62 bits per heavy atom. The van der Waals surface area contributed by atoms with Crippen molar-refractivity contribution in [1.29, 1.82) is 0 Å². The summed E-state index contributed by atoms with van der Waals surface area (Å²) in [5.41, 5.74) is -0.0917. The molecular formula is C12H17N3O5S. The molecule has 1 aliphatic heterocycles. The molecule has 2 rings (SSSR count). The second-order valence-electron chi connectivity index (χ2n) is 5.19. The fourth-order valence-corrected chi connectivity index (χ4v) is 3.44. The zero-order valence-corrected chi connectivity index (χ0v) is 12.5. The molecule has 1 aromatic heterocycles. The van der Waals surface area contributed by atoms with Crippen LogP contribution in [-0.2, 0) is 14.8 Å². The fourth-order valence-electron chi connectivity index (χ4n) is 2.18. The lowest BCUT2D eigenvalue weighted by Crippen LogP contribution is -2.36. The summed E-state index contributed by atoms with van der Waals surface area (Å²) >= 11 is 0. The maximum atomic E-state index is 12.2. The van der Waals surface area contributed by atoms with Crippen LogP contribution in [0.4, 0.5) is 0 Å². The smallest absolute Gasteiger partial charge is 0.352 e.